The average Bonchev–Trinajstić information content (AvgIpc) is 3.44. The molecule has 0 aliphatic rings. The molecule has 8 nitrogen and oxygen atoms in total. The van der Waals surface area contributed by atoms with Crippen molar-refractivity contribution in [1.29, 1.82) is 0 Å². The number of aromatic nitrogens is 3. The van der Waals surface area contributed by atoms with Gasteiger partial charge in [-0.05, 0) is 37.3 Å². The van der Waals surface area contributed by atoms with E-state index in [1.165, 1.54) is 11.0 Å². The van der Waals surface area contributed by atoms with Crippen molar-refractivity contribution in [1.82, 2.24) is 19.8 Å². The van der Waals surface area contributed by atoms with Crippen molar-refractivity contribution >= 4 is 35.3 Å². The first-order chi connectivity index (χ1) is 16.4. The minimum Gasteiger partial charge on any atom is -0.360 e. The third-order valence-corrected chi connectivity index (χ3v) is 5.19. The molecular formula is C25H22ClN5O3. The van der Waals surface area contributed by atoms with E-state index in [0.29, 0.717) is 22.3 Å². The third kappa shape index (κ3) is 5.60. The van der Waals surface area contributed by atoms with E-state index in [-0.39, 0.29) is 18.4 Å². The number of hydrogen-bond acceptors (Lipinski definition) is 5. The lowest BCUT2D eigenvalue weighted by Crippen LogP contribution is -2.33. The molecule has 0 saturated heterocycles. The number of rotatable bonds is 7. The minimum absolute atomic E-state index is 0.137. The summed E-state index contributed by atoms with van der Waals surface area (Å²) in [6.07, 6.45) is 4.95. The zero-order valence-electron chi connectivity index (χ0n) is 18.6. The number of anilines is 1. The fourth-order valence-electron chi connectivity index (χ4n) is 3.24. The molecule has 0 radical (unpaired) electrons. The van der Waals surface area contributed by atoms with Crippen LogP contribution in [0.1, 0.15) is 11.3 Å². The summed E-state index contributed by atoms with van der Waals surface area (Å²) in [5.74, 6) is 0.173. The maximum absolute atomic E-state index is 12.7. The van der Waals surface area contributed by atoms with Gasteiger partial charge in [-0.3, -0.25) is 9.59 Å². The van der Waals surface area contributed by atoms with Crippen LogP contribution in [0, 0.1) is 6.92 Å². The molecule has 34 heavy (non-hydrogen) atoms. The molecule has 2 aromatic carbocycles. The van der Waals surface area contributed by atoms with Crippen LogP contribution in [0.4, 0.5) is 5.82 Å². The maximum Gasteiger partial charge on any atom is 0.246 e. The molecule has 0 aliphatic carbocycles. The van der Waals surface area contributed by atoms with Gasteiger partial charge >= 0.3 is 0 Å². The van der Waals surface area contributed by atoms with Gasteiger partial charge in [0.05, 0.1) is 17.9 Å². The van der Waals surface area contributed by atoms with Crippen molar-refractivity contribution in [3.63, 3.8) is 0 Å². The van der Waals surface area contributed by atoms with Crippen LogP contribution in [0.15, 0.2) is 77.5 Å². The lowest BCUT2D eigenvalue weighted by Gasteiger charge is -2.13. The molecule has 4 rings (SSSR count). The highest BCUT2D eigenvalue weighted by molar-refractivity contribution is 6.30. The Morgan fingerprint density at radius 2 is 1.88 bits per heavy atom. The van der Waals surface area contributed by atoms with Crippen LogP contribution >= 0.6 is 11.6 Å². The molecule has 2 aromatic heterocycles. The number of nitrogens with one attached hydrogen (secondary N) is 1. The summed E-state index contributed by atoms with van der Waals surface area (Å²) in [7, 11) is 1.55. The van der Waals surface area contributed by atoms with Crippen molar-refractivity contribution < 1.29 is 14.1 Å². The number of aryl methyl sites for hydroxylation is 1. The number of carbonyl (C=O) groups is 2. The summed E-state index contributed by atoms with van der Waals surface area (Å²) in [6.45, 7) is 1.59. The molecule has 0 spiro atoms. The Hall–Kier alpha value is -4.17. The number of halogens is 1. The van der Waals surface area contributed by atoms with Gasteiger partial charge in [0.2, 0.25) is 11.8 Å². The van der Waals surface area contributed by atoms with Crippen molar-refractivity contribution in [3.05, 3.63) is 89.3 Å². The first kappa shape index (κ1) is 23.0. The number of likely N-dealkylation sites (N-methyl/N-ethyl adjacent to an activating group) is 1. The van der Waals surface area contributed by atoms with Crippen LogP contribution in [-0.2, 0) is 9.59 Å². The summed E-state index contributed by atoms with van der Waals surface area (Å²) < 4.78 is 6.68. The standard InChI is InChI=1S/C25H22ClN5O3/c1-17-14-22(29-34-17)27-23(32)16-30(2)24(33)13-10-19-15-31(21-6-4-3-5-7-21)28-25(19)18-8-11-20(26)12-9-18/h3-15H,16H2,1-2H3,(H,27,29,32)/b13-10+. The first-order valence-corrected chi connectivity index (χ1v) is 10.8. The van der Waals surface area contributed by atoms with Gasteiger partial charge in [0, 0.05) is 41.5 Å². The van der Waals surface area contributed by atoms with E-state index in [0.717, 1.165) is 16.8 Å². The summed E-state index contributed by atoms with van der Waals surface area (Å²) in [5, 5.41) is 11.6. The van der Waals surface area contributed by atoms with Gasteiger partial charge in [-0.15, -0.1) is 0 Å². The van der Waals surface area contributed by atoms with Crippen molar-refractivity contribution in [2.75, 3.05) is 18.9 Å². The Kier molecular flexibility index (Phi) is 6.89. The molecule has 0 aliphatic heterocycles. The lowest BCUT2D eigenvalue weighted by molar-refractivity contribution is -0.129. The molecule has 0 saturated carbocycles. The Morgan fingerprint density at radius 3 is 2.56 bits per heavy atom. The van der Waals surface area contributed by atoms with Gasteiger partial charge in [0.1, 0.15) is 5.76 Å². The SMILES string of the molecule is Cc1cc(NC(=O)CN(C)C(=O)/C=C/c2cn(-c3ccccc3)nc2-c2ccc(Cl)cc2)no1. The smallest absolute Gasteiger partial charge is 0.246 e. The van der Waals surface area contributed by atoms with Crippen LogP contribution in [-0.4, -0.2) is 45.2 Å². The van der Waals surface area contributed by atoms with E-state index in [2.05, 4.69) is 10.5 Å². The first-order valence-electron chi connectivity index (χ1n) is 10.5. The molecule has 1 N–H and O–H groups in total. The van der Waals surface area contributed by atoms with Gasteiger partial charge < -0.3 is 14.7 Å². The molecule has 4 aromatic rings. The molecule has 9 heteroatoms. The van der Waals surface area contributed by atoms with Crippen molar-refractivity contribution in [2.45, 2.75) is 6.92 Å². The van der Waals surface area contributed by atoms with Crippen LogP contribution in [0.25, 0.3) is 23.0 Å². The number of nitrogens with zero attached hydrogens (tertiary/aromatic N) is 4. The number of carbonyl (C=O) groups excluding carboxylic acids is 2. The van der Waals surface area contributed by atoms with Gasteiger partial charge in [-0.25, -0.2) is 4.68 Å². The van der Waals surface area contributed by atoms with E-state index in [1.54, 1.807) is 42.9 Å². The number of amides is 2. The van der Waals surface area contributed by atoms with Crippen molar-refractivity contribution in [3.8, 4) is 16.9 Å². The Labute approximate surface area is 201 Å². The molecule has 0 unspecified atom stereocenters. The topological polar surface area (TPSA) is 93.3 Å². The Balaban J connectivity index is 1.52. The fourth-order valence-corrected chi connectivity index (χ4v) is 3.37. The zero-order chi connectivity index (χ0) is 24.1. The third-order valence-electron chi connectivity index (χ3n) is 4.94. The van der Waals surface area contributed by atoms with E-state index in [1.807, 2.05) is 48.7 Å². The summed E-state index contributed by atoms with van der Waals surface area (Å²) in [6, 6.07) is 18.6. The Morgan fingerprint density at radius 1 is 1.15 bits per heavy atom. The number of benzene rings is 2. The molecule has 172 valence electrons. The zero-order valence-corrected chi connectivity index (χ0v) is 19.4. The van der Waals surface area contributed by atoms with Gasteiger partial charge in [0.25, 0.3) is 0 Å². The minimum atomic E-state index is -0.378. The maximum atomic E-state index is 12.7. The summed E-state index contributed by atoms with van der Waals surface area (Å²) in [4.78, 5) is 26.2. The highest BCUT2D eigenvalue weighted by Gasteiger charge is 2.14. The van der Waals surface area contributed by atoms with E-state index in [9.17, 15) is 9.59 Å². The van der Waals surface area contributed by atoms with Gasteiger partial charge in [-0.2, -0.15) is 5.10 Å². The highest BCUT2D eigenvalue weighted by atomic mass is 35.5. The van der Waals surface area contributed by atoms with Crippen LogP contribution in [0.2, 0.25) is 5.02 Å². The molecule has 2 heterocycles. The molecule has 0 fully saturated rings. The van der Waals surface area contributed by atoms with Crippen LogP contribution in [0.3, 0.4) is 0 Å². The van der Waals surface area contributed by atoms with E-state index >= 15 is 0 Å². The second kappa shape index (κ2) is 10.2. The number of para-hydroxylation sites is 1. The second-order valence-electron chi connectivity index (χ2n) is 7.62. The predicted molar refractivity (Wildman–Crippen MR) is 131 cm³/mol. The van der Waals surface area contributed by atoms with E-state index in [4.69, 9.17) is 21.2 Å². The van der Waals surface area contributed by atoms with Gasteiger partial charge in [-0.1, -0.05) is 47.1 Å². The largest absolute Gasteiger partial charge is 0.360 e. The summed E-state index contributed by atoms with van der Waals surface area (Å²) in [5.41, 5.74) is 3.20. The highest BCUT2D eigenvalue weighted by Crippen LogP contribution is 2.26. The Bertz CT molecular complexity index is 1330. The van der Waals surface area contributed by atoms with E-state index < -0.39 is 0 Å². The average molecular weight is 476 g/mol. The molecule has 0 atom stereocenters. The normalized spacial score (nSPS) is 11.0. The number of hydrogen-bond donors (Lipinski definition) is 1. The van der Waals surface area contributed by atoms with Crippen LogP contribution in [0.5, 0.6) is 0 Å². The van der Waals surface area contributed by atoms with Crippen LogP contribution < -0.4 is 5.32 Å². The lowest BCUT2D eigenvalue weighted by atomic mass is 10.1. The predicted octanol–water partition coefficient (Wildman–Crippen LogP) is 4.60. The second-order valence-corrected chi connectivity index (χ2v) is 8.06. The quantitative estimate of drug-likeness (QED) is 0.394. The summed E-state index contributed by atoms with van der Waals surface area (Å²) >= 11 is 6.04. The van der Waals surface area contributed by atoms with Gasteiger partial charge in [0.15, 0.2) is 5.82 Å². The fraction of sp³-hybridized carbons (Fsp3) is 0.120. The molecule has 2 amide bonds. The molecule has 0 bridgehead atoms. The monoisotopic (exact) mass is 475 g/mol. The molecular weight excluding hydrogens is 454 g/mol. The van der Waals surface area contributed by atoms with Crippen molar-refractivity contribution in [2.24, 2.45) is 0 Å².